The molecular formula is C18H28N2O. The van der Waals surface area contributed by atoms with E-state index in [1.54, 1.807) is 0 Å². The normalized spacial score (nSPS) is 18.9. The van der Waals surface area contributed by atoms with E-state index >= 15 is 0 Å². The van der Waals surface area contributed by atoms with E-state index in [-0.39, 0.29) is 11.9 Å². The molecule has 2 N–H and O–H groups in total. The number of hydrogen-bond donors (Lipinski definition) is 2. The summed E-state index contributed by atoms with van der Waals surface area (Å²) >= 11 is 0. The highest BCUT2D eigenvalue weighted by Crippen LogP contribution is 2.16. The molecule has 3 heteroatoms. The Kier molecular flexibility index (Phi) is 6.24. The van der Waals surface area contributed by atoms with Crippen LogP contribution < -0.4 is 10.6 Å². The van der Waals surface area contributed by atoms with Crippen molar-refractivity contribution in [3.63, 3.8) is 0 Å². The zero-order valence-electron chi connectivity index (χ0n) is 13.3. The minimum absolute atomic E-state index is 0.0800. The lowest BCUT2D eigenvalue weighted by molar-refractivity contribution is -0.123. The summed E-state index contributed by atoms with van der Waals surface area (Å²) in [5.41, 5.74) is 2.62. The lowest BCUT2D eigenvalue weighted by Crippen LogP contribution is -2.48. The van der Waals surface area contributed by atoms with Crippen molar-refractivity contribution in [2.75, 3.05) is 6.54 Å². The van der Waals surface area contributed by atoms with E-state index in [2.05, 4.69) is 48.7 Å². The van der Waals surface area contributed by atoms with Crippen molar-refractivity contribution >= 4 is 5.91 Å². The summed E-state index contributed by atoms with van der Waals surface area (Å²) in [6.07, 6.45) is 5.64. The second-order valence-electron chi connectivity index (χ2n) is 6.07. The van der Waals surface area contributed by atoms with Crippen LogP contribution >= 0.6 is 0 Å². The largest absolute Gasteiger partial charge is 0.354 e. The molecule has 0 saturated carbocycles. The topological polar surface area (TPSA) is 41.1 Å². The summed E-state index contributed by atoms with van der Waals surface area (Å²) in [4.78, 5) is 12.3. The summed E-state index contributed by atoms with van der Waals surface area (Å²) in [5, 5.41) is 6.49. The van der Waals surface area contributed by atoms with Crippen molar-refractivity contribution in [3.8, 4) is 0 Å². The fourth-order valence-electron chi connectivity index (χ4n) is 2.95. The molecule has 0 spiro atoms. The number of hydrogen-bond acceptors (Lipinski definition) is 2. The Morgan fingerprint density at radius 2 is 2.10 bits per heavy atom. The number of benzene rings is 1. The Hall–Kier alpha value is -1.35. The molecule has 0 aromatic heterocycles. The average Bonchev–Trinajstić information content (AvgIpc) is 2.54. The lowest BCUT2D eigenvalue weighted by Gasteiger charge is -2.26. The van der Waals surface area contributed by atoms with Crippen LogP contribution in [0.15, 0.2) is 24.3 Å². The molecule has 116 valence electrons. The highest BCUT2D eigenvalue weighted by atomic mass is 16.2. The summed E-state index contributed by atoms with van der Waals surface area (Å²) in [7, 11) is 0. The maximum absolute atomic E-state index is 12.3. The van der Waals surface area contributed by atoms with Crippen molar-refractivity contribution in [2.24, 2.45) is 5.92 Å². The van der Waals surface area contributed by atoms with Crippen LogP contribution in [-0.4, -0.2) is 18.5 Å². The van der Waals surface area contributed by atoms with Crippen LogP contribution in [0.1, 0.15) is 50.7 Å². The van der Waals surface area contributed by atoms with Crippen LogP contribution in [0.5, 0.6) is 0 Å². The fraction of sp³-hybridized carbons (Fsp3) is 0.611. The molecule has 1 amide bonds. The Morgan fingerprint density at radius 1 is 1.33 bits per heavy atom. The highest BCUT2D eigenvalue weighted by Gasteiger charge is 2.23. The first-order valence-corrected chi connectivity index (χ1v) is 8.32. The van der Waals surface area contributed by atoms with Crippen LogP contribution in [0, 0.1) is 5.92 Å². The molecule has 2 rings (SSSR count). The number of carbonyl (C=O) groups excluding carboxylic acids is 1. The molecule has 3 nitrogen and oxygen atoms in total. The van der Waals surface area contributed by atoms with E-state index in [0.29, 0.717) is 5.92 Å². The maximum atomic E-state index is 12.3. The van der Waals surface area contributed by atoms with Gasteiger partial charge in [-0.2, -0.15) is 0 Å². The molecule has 0 fully saturated rings. The molecule has 0 bridgehead atoms. The average molecular weight is 288 g/mol. The van der Waals surface area contributed by atoms with E-state index in [9.17, 15) is 4.79 Å². The number of amides is 1. The molecule has 1 heterocycles. The summed E-state index contributed by atoms with van der Waals surface area (Å²) in [5.74, 6) is 0.768. The molecule has 1 aromatic carbocycles. The van der Waals surface area contributed by atoms with Crippen LogP contribution in [0.3, 0.4) is 0 Å². The van der Waals surface area contributed by atoms with E-state index in [1.807, 2.05) is 0 Å². The summed E-state index contributed by atoms with van der Waals surface area (Å²) in [6.45, 7) is 6.03. The number of carbonyl (C=O) groups is 1. The highest BCUT2D eigenvalue weighted by molar-refractivity contribution is 5.82. The van der Waals surface area contributed by atoms with Crippen molar-refractivity contribution < 1.29 is 4.79 Å². The Balaban J connectivity index is 1.82. The molecule has 2 atom stereocenters. The minimum atomic E-state index is -0.0800. The smallest absolute Gasteiger partial charge is 0.237 e. The summed E-state index contributed by atoms with van der Waals surface area (Å²) < 4.78 is 0. The number of rotatable bonds is 7. The van der Waals surface area contributed by atoms with Gasteiger partial charge in [-0.3, -0.25) is 4.79 Å². The molecule has 0 radical (unpaired) electrons. The fourth-order valence-corrected chi connectivity index (χ4v) is 2.95. The molecule has 1 aliphatic rings. The van der Waals surface area contributed by atoms with Gasteiger partial charge in [0.1, 0.15) is 0 Å². The molecule has 21 heavy (non-hydrogen) atoms. The minimum Gasteiger partial charge on any atom is -0.354 e. The van der Waals surface area contributed by atoms with Crippen LogP contribution in [0.2, 0.25) is 0 Å². The zero-order chi connectivity index (χ0) is 15.1. The molecule has 1 unspecified atom stereocenters. The van der Waals surface area contributed by atoms with Crippen LogP contribution in [-0.2, 0) is 17.8 Å². The zero-order valence-corrected chi connectivity index (χ0v) is 13.3. The predicted octanol–water partition coefficient (Wildman–Crippen LogP) is 3.03. The molecule has 0 aliphatic carbocycles. The van der Waals surface area contributed by atoms with Gasteiger partial charge in [0.2, 0.25) is 5.91 Å². The SMILES string of the molecule is CCCCC(CC)CNC(=O)[C@@H]1Cc2ccccc2CN1. The predicted molar refractivity (Wildman–Crippen MR) is 87.1 cm³/mol. The maximum Gasteiger partial charge on any atom is 0.237 e. The Labute approximate surface area is 128 Å². The van der Waals surface area contributed by atoms with Gasteiger partial charge in [0.25, 0.3) is 0 Å². The van der Waals surface area contributed by atoms with Gasteiger partial charge in [0.15, 0.2) is 0 Å². The molecule has 0 saturated heterocycles. The van der Waals surface area contributed by atoms with Gasteiger partial charge in [-0.05, 0) is 29.9 Å². The van der Waals surface area contributed by atoms with Crippen LogP contribution in [0.4, 0.5) is 0 Å². The van der Waals surface area contributed by atoms with Gasteiger partial charge in [0, 0.05) is 13.1 Å². The third kappa shape index (κ3) is 4.57. The van der Waals surface area contributed by atoms with Crippen molar-refractivity contribution in [2.45, 2.75) is 58.5 Å². The molecule has 1 aliphatic heterocycles. The summed E-state index contributed by atoms with van der Waals surface area (Å²) in [6, 6.07) is 8.29. The first kappa shape index (κ1) is 16.0. The second kappa shape index (κ2) is 8.18. The standard InChI is InChI=1S/C18H28N2O/c1-3-5-8-14(4-2)12-20-18(21)17-11-15-9-6-7-10-16(15)13-19-17/h6-7,9-10,14,17,19H,3-5,8,11-13H2,1-2H3,(H,20,21)/t14?,17-/m0/s1. The lowest BCUT2D eigenvalue weighted by atomic mass is 9.95. The van der Waals surface area contributed by atoms with E-state index in [1.165, 1.54) is 30.4 Å². The third-order valence-electron chi connectivity index (χ3n) is 4.51. The Bertz CT molecular complexity index is 458. The number of unbranched alkanes of at least 4 members (excludes halogenated alkanes) is 1. The quantitative estimate of drug-likeness (QED) is 0.809. The number of fused-ring (bicyclic) bond motifs is 1. The van der Waals surface area contributed by atoms with E-state index in [4.69, 9.17) is 0 Å². The van der Waals surface area contributed by atoms with E-state index in [0.717, 1.165) is 25.9 Å². The van der Waals surface area contributed by atoms with Gasteiger partial charge in [-0.25, -0.2) is 0 Å². The van der Waals surface area contributed by atoms with E-state index < -0.39 is 0 Å². The van der Waals surface area contributed by atoms with Crippen molar-refractivity contribution in [3.05, 3.63) is 35.4 Å². The van der Waals surface area contributed by atoms with Crippen LogP contribution in [0.25, 0.3) is 0 Å². The van der Waals surface area contributed by atoms with Gasteiger partial charge < -0.3 is 10.6 Å². The Morgan fingerprint density at radius 3 is 2.81 bits per heavy atom. The molecule has 1 aromatic rings. The van der Waals surface area contributed by atoms with Gasteiger partial charge in [-0.1, -0.05) is 57.4 Å². The van der Waals surface area contributed by atoms with Gasteiger partial charge >= 0.3 is 0 Å². The molecular weight excluding hydrogens is 260 g/mol. The first-order chi connectivity index (χ1) is 10.2. The van der Waals surface area contributed by atoms with Crippen molar-refractivity contribution in [1.82, 2.24) is 10.6 Å². The first-order valence-electron chi connectivity index (χ1n) is 8.32. The van der Waals surface area contributed by atoms with Crippen molar-refractivity contribution in [1.29, 1.82) is 0 Å². The van der Waals surface area contributed by atoms with Gasteiger partial charge in [-0.15, -0.1) is 0 Å². The third-order valence-corrected chi connectivity index (χ3v) is 4.51. The number of nitrogens with one attached hydrogen (secondary N) is 2. The second-order valence-corrected chi connectivity index (χ2v) is 6.07. The van der Waals surface area contributed by atoms with Gasteiger partial charge in [0.05, 0.1) is 6.04 Å². The monoisotopic (exact) mass is 288 g/mol.